The van der Waals surface area contributed by atoms with Crippen molar-refractivity contribution in [1.82, 2.24) is 14.1 Å². The van der Waals surface area contributed by atoms with E-state index in [4.69, 9.17) is 4.98 Å². The first-order valence-corrected chi connectivity index (χ1v) is 23.9. The zero-order chi connectivity index (χ0) is 45.4. The van der Waals surface area contributed by atoms with Crippen molar-refractivity contribution >= 4 is 60.6 Å². The molecule has 1 aliphatic carbocycles. The average molecular weight is 881 g/mol. The van der Waals surface area contributed by atoms with Crippen molar-refractivity contribution in [3.8, 4) is 45.0 Å². The molecule has 4 heteroatoms. The standard InChI is InChI=1S/C65H44N4/c1-5-17-43(18-6-1)46-29-33-62-56(37-46)57-42-51(32-36-63(57)67(62)50-23-11-4-12-24-50)68-59-27-15-13-25-52(59)54-38-47(30-34-61(54)68)48-31-35-64-55(39-48)53-26-14-16-28-60(53)69(64)65-41-49(44-19-7-2-8-20-44)40-58(66-65)45-21-9-3-10-22-45/h1-42,54,61H. The number of hydrogen-bond donors (Lipinski definition) is 0. The number of fused-ring (bicyclic) bond motifs is 9. The molecule has 1 aliphatic heterocycles. The number of pyridine rings is 1. The number of hydrogen-bond acceptors (Lipinski definition) is 2. The van der Waals surface area contributed by atoms with Gasteiger partial charge in [0.1, 0.15) is 5.82 Å². The van der Waals surface area contributed by atoms with Crippen molar-refractivity contribution in [2.24, 2.45) is 0 Å². The second-order valence-corrected chi connectivity index (χ2v) is 18.3. The first kappa shape index (κ1) is 39.2. The third kappa shape index (κ3) is 6.41. The minimum atomic E-state index is 0.123. The third-order valence-corrected chi connectivity index (χ3v) is 14.4. The first-order valence-electron chi connectivity index (χ1n) is 23.9. The lowest BCUT2D eigenvalue weighted by Gasteiger charge is -2.30. The van der Waals surface area contributed by atoms with Crippen LogP contribution in [0.4, 0.5) is 11.4 Å². The summed E-state index contributed by atoms with van der Waals surface area (Å²) in [5.74, 6) is 1.07. The highest BCUT2D eigenvalue weighted by Gasteiger charge is 2.38. The van der Waals surface area contributed by atoms with E-state index in [1.54, 1.807) is 0 Å². The average Bonchev–Trinajstić information content (AvgIpc) is 4.06. The summed E-state index contributed by atoms with van der Waals surface area (Å²) in [5.41, 5.74) is 18.8. The molecular weight excluding hydrogens is 837 g/mol. The van der Waals surface area contributed by atoms with E-state index in [1.165, 1.54) is 71.8 Å². The lowest BCUT2D eigenvalue weighted by molar-refractivity contribution is 0.747. The van der Waals surface area contributed by atoms with Gasteiger partial charge in [-0.15, -0.1) is 0 Å². The van der Waals surface area contributed by atoms with Crippen molar-refractivity contribution in [2.75, 3.05) is 4.90 Å². The molecule has 0 saturated heterocycles. The van der Waals surface area contributed by atoms with E-state index >= 15 is 0 Å². The molecule has 2 aliphatic rings. The summed E-state index contributed by atoms with van der Waals surface area (Å²) < 4.78 is 4.75. The van der Waals surface area contributed by atoms with Gasteiger partial charge in [0, 0.05) is 50.1 Å². The minimum Gasteiger partial charge on any atom is -0.333 e. The monoisotopic (exact) mass is 880 g/mol. The molecule has 4 heterocycles. The van der Waals surface area contributed by atoms with Gasteiger partial charge in [-0.3, -0.25) is 4.57 Å². The summed E-state index contributed by atoms with van der Waals surface area (Å²) in [6.07, 6.45) is 7.29. The van der Waals surface area contributed by atoms with Crippen LogP contribution in [0.25, 0.3) is 94.2 Å². The molecule has 0 radical (unpaired) electrons. The number of rotatable bonds is 7. The number of allylic oxidation sites excluding steroid dienone is 2. The fourth-order valence-electron chi connectivity index (χ4n) is 11.3. The molecule has 14 rings (SSSR count). The van der Waals surface area contributed by atoms with Crippen LogP contribution in [0, 0.1) is 0 Å². The Bertz CT molecular complexity index is 3950. The third-order valence-electron chi connectivity index (χ3n) is 14.4. The Morgan fingerprint density at radius 3 is 1.70 bits per heavy atom. The van der Waals surface area contributed by atoms with E-state index in [9.17, 15) is 0 Å². The minimum absolute atomic E-state index is 0.123. The second-order valence-electron chi connectivity index (χ2n) is 18.3. The van der Waals surface area contributed by atoms with Gasteiger partial charge in [0.25, 0.3) is 0 Å². The van der Waals surface area contributed by atoms with E-state index in [0.29, 0.717) is 0 Å². The van der Waals surface area contributed by atoms with Gasteiger partial charge in [-0.1, -0.05) is 176 Å². The van der Waals surface area contributed by atoms with E-state index in [-0.39, 0.29) is 12.0 Å². The number of aromatic nitrogens is 3. The van der Waals surface area contributed by atoms with Crippen LogP contribution in [-0.2, 0) is 0 Å². The molecule has 3 aromatic heterocycles. The van der Waals surface area contributed by atoms with Crippen LogP contribution in [0.1, 0.15) is 17.0 Å². The van der Waals surface area contributed by atoms with Crippen molar-refractivity contribution < 1.29 is 0 Å². The fourth-order valence-corrected chi connectivity index (χ4v) is 11.3. The van der Waals surface area contributed by atoms with Gasteiger partial charge in [0.2, 0.25) is 0 Å². The Morgan fingerprint density at radius 2 is 0.928 bits per heavy atom. The molecule has 9 aromatic carbocycles. The maximum absolute atomic E-state index is 5.37. The zero-order valence-electron chi connectivity index (χ0n) is 37.7. The van der Waals surface area contributed by atoms with Gasteiger partial charge >= 0.3 is 0 Å². The summed E-state index contributed by atoms with van der Waals surface area (Å²) in [4.78, 5) is 7.93. The number of nitrogens with zero attached hydrogens (tertiary/aromatic N) is 4. The maximum atomic E-state index is 5.37. The summed E-state index contributed by atoms with van der Waals surface area (Å²) in [6, 6.07) is 85.9. The molecule has 0 amide bonds. The van der Waals surface area contributed by atoms with Crippen LogP contribution in [0.3, 0.4) is 0 Å². The van der Waals surface area contributed by atoms with Crippen LogP contribution in [0.5, 0.6) is 0 Å². The highest BCUT2D eigenvalue weighted by atomic mass is 15.2. The largest absolute Gasteiger partial charge is 0.333 e. The Balaban J connectivity index is 0.871. The van der Waals surface area contributed by atoms with Gasteiger partial charge in [0.05, 0.1) is 33.8 Å². The summed E-state index contributed by atoms with van der Waals surface area (Å²) in [5, 5.41) is 4.90. The quantitative estimate of drug-likeness (QED) is 0.159. The first-order chi connectivity index (χ1) is 34.2. The van der Waals surface area contributed by atoms with Crippen molar-refractivity contribution in [3.05, 3.63) is 266 Å². The molecule has 0 fully saturated rings. The predicted octanol–water partition coefficient (Wildman–Crippen LogP) is 16.5. The second kappa shape index (κ2) is 15.8. The van der Waals surface area contributed by atoms with Crippen LogP contribution >= 0.6 is 0 Å². The summed E-state index contributed by atoms with van der Waals surface area (Å²) in [6.45, 7) is 0. The van der Waals surface area contributed by atoms with Crippen LogP contribution in [0.15, 0.2) is 255 Å². The van der Waals surface area contributed by atoms with E-state index in [0.717, 1.165) is 44.9 Å². The summed E-state index contributed by atoms with van der Waals surface area (Å²) in [7, 11) is 0. The lowest BCUT2D eigenvalue weighted by atomic mass is 9.86. The maximum Gasteiger partial charge on any atom is 0.138 e. The summed E-state index contributed by atoms with van der Waals surface area (Å²) >= 11 is 0. The molecule has 0 N–H and O–H groups in total. The van der Waals surface area contributed by atoms with Crippen molar-refractivity contribution in [1.29, 1.82) is 0 Å². The molecule has 0 spiro atoms. The molecule has 0 bridgehead atoms. The highest BCUT2D eigenvalue weighted by Crippen LogP contribution is 2.50. The Morgan fingerprint density at radius 1 is 0.362 bits per heavy atom. The molecule has 4 nitrogen and oxygen atoms in total. The van der Waals surface area contributed by atoms with Crippen LogP contribution in [-0.4, -0.2) is 20.2 Å². The normalized spacial score (nSPS) is 15.2. The molecule has 2 atom stereocenters. The van der Waals surface area contributed by atoms with E-state index in [1.807, 2.05) is 0 Å². The van der Waals surface area contributed by atoms with Gasteiger partial charge in [-0.05, 0) is 118 Å². The predicted molar refractivity (Wildman–Crippen MR) is 288 cm³/mol. The van der Waals surface area contributed by atoms with Gasteiger partial charge in [-0.25, -0.2) is 4.98 Å². The number of anilines is 2. The Hall–Kier alpha value is -8.99. The van der Waals surface area contributed by atoms with Gasteiger partial charge < -0.3 is 9.47 Å². The van der Waals surface area contributed by atoms with E-state index in [2.05, 4.69) is 269 Å². The topological polar surface area (TPSA) is 26.0 Å². The molecular formula is C65H44N4. The fraction of sp³-hybridized carbons (Fsp3) is 0.0308. The van der Waals surface area contributed by atoms with Crippen molar-refractivity contribution in [3.63, 3.8) is 0 Å². The SMILES string of the molecule is C1=CC2C(C=C1c1ccc3c(c1)c1ccccc1n3-c1cc(-c3ccccc3)cc(-c3ccccc3)n1)c1ccccc1N2c1ccc2c(c1)c1cc(-c3ccccc3)ccc1n2-c1ccccc1. The zero-order valence-corrected chi connectivity index (χ0v) is 37.7. The molecule has 69 heavy (non-hydrogen) atoms. The molecule has 0 saturated carbocycles. The Labute approximate surface area is 400 Å². The molecule has 324 valence electrons. The van der Waals surface area contributed by atoms with Crippen LogP contribution < -0.4 is 4.90 Å². The number of para-hydroxylation sites is 3. The lowest BCUT2D eigenvalue weighted by Crippen LogP contribution is -2.28. The smallest absolute Gasteiger partial charge is 0.138 e. The number of benzene rings is 9. The van der Waals surface area contributed by atoms with E-state index < -0.39 is 0 Å². The van der Waals surface area contributed by atoms with Gasteiger partial charge in [-0.2, -0.15) is 0 Å². The van der Waals surface area contributed by atoms with Crippen LogP contribution in [0.2, 0.25) is 0 Å². The highest BCUT2D eigenvalue weighted by molar-refractivity contribution is 6.12. The van der Waals surface area contributed by atoms with Gasteiger partial charge in [0.15, 0.2) is 0 Å². The Kier molecular flexibility index (Phi) is 8.99. The molecule has 2 unspecified atom stereocenters. The van der Waals surface area contributed by atoms with Crippen molar-refractivity contribution in [2.45, 2.75) is 12.0 Å². The molecule has 12 aromatic rings.